The lowest BCUT2D eigenvalue weighted by atomic mass is 10.1. The highest BCUT2D eigenvalue weighted by atomic mass is 32.1. The molecule has 8 nitrogen and oxygen atoms in total. The Morgan fingerprint density at radius 1 is 0.614 bits per heavy atom. The molecule has 4 aromatic carbocycles. The summed E-state index contributed by atoms with van der Waals surface area (Å²) in [5.74, 6) is 2.02. The number of aromatic hydroxyl groups is 2. The maximum absolute atomic E-state index is 9.74. The zero-order chi connectivity index (χ0) is 31.4. The summed E-state index contributed by atoms with van der Waals surface area (Å²) in [5.41, 5.74) is 5.45. The van der Waals surface area contributed by atoms with Gasteiger partial charge in [0.25, 0.3) is 0 Å². The van der Waals surface area contributed by atoms with Crippen LogP contribution in [0.1, 0.15) is 25.0 Å². The monoisotopic (exact) mass is 624 g/mol. The number of nitrogens with zero attached hydrogens (tertiary/aromatic N) is 4. The fraction of sp³-hybridized carbons (Fsp3) is 0.176. The van der Waals surface area contributed by atoms with Crippen molar-refractivity contribution in [3.63, 3.8) is 0 Å². The standard InChI is InChI=1S/C18H18N2O2S.C16H14N2O2S/c1-4-12-9-15(22-3)10-16-17(12)18(23)20(11-19-16)13-5-7-14(21-2)8-6-13;1-2-10-7-13(20)8-14-15(10)16(21)18(9-17-14)11-3-5-12(19)6-4-11/h5-11H,4H2,1-3H3;3-9,19-20H,2H2,1H3. The van der Waals surface area contributed by atoms with Crippen molar-refractivity contribution in [3.05, 3.63) is 106 Å². The molecule has 0 aliphatic rings. The molecule has 2 heterocycles. The Balaban J connectivity index is 0.000000175. The number of hydrogen-bond donors (Lipinski definition) is 2. The minimum atomic E-state index is 0.198. The van der Waals surface area contributed by atoms with E-state index in [1.165, 1.54) is 0 Å². The minimum absolute atomic E-state index is 0.198. The first kappa shape index (κ1) is 30.7. The van der Waals surface area contributed by atoms with Gasteiger partial charge >= 0.3 is 0 Å². The predicted octanol–water partition coefficient (Wildman–Crippen LogP) is 8.06. The number of fused-ring (bicyclic) bond motifs is 2. The molecule has 0 aliphatic carbocycles. The maximum atomic E-state index is 9.74. The number of methoxy groups -OCH3 is 2. The summed E-state index contributed by atoms with van der Waals surface area (Å²) in [7, 11) is 3.31. The lowest BCUT2D eigenvalue weighted by molar-refractivity contribution is 0.414. The van der Waals surface area contributed by atoms with Crippen molar-refractivity contribution >= 4 is 46.2 Å². The van der Waals surface area contributed by atoms with Gasteiger partial charge in [-0.25, -0.2) is 9.97 Å². The van der Waals surface area contributed by atoms with Gasteiger partial charge in [-0.3, -0.25) is 9.13 Å². The van der Waals surface area contributed by atoms with Gasteiger partial charge in [0.05, 0.1) is 25.3 Å². The van der Waals surface area contributed by atoms with E-state index < -0.39 is 0 Å². The summed E-state index contributed by atoms with van der Waals surface area (Å²) in [6.45, 7) is 4.12. The summed E-state index contributed by atoms with van der Waals surface area (Å²) in [4.78, 5) is 8.95. The Morgan fingerprint density at radius 3 is 1.59 bits per heavy atom. The molecule has 0 aliphatic heterocycles. The van der Waals surface area contributed by atoms with Gasteiger partial charge in [0, 0.05) is 34.3 Å². The highest BCUT2D eigenvalue weighted by Crippen LogP contribution is 2.28. The van der Waals surface area contributed by atoms with Crippen LogP contribution in [0.4, 0.5) is 0 Å². The number of hydrogen-bond acceptors (Lipinski definition) is 8. The molecular formula is C34H32N4O4S2. The van der Waals surface area contributed by atoms with Crippen molar-refractivity contribution in [1.29, 1.82) is 0 Å². The van der Waals surface area contributed by atoms with E-state index in [9.17, 15) is 10.2 Å². The molecule has 2 aromatic heterocycles. The van der Waals surface area contributed by atoms with E-state index in [-0.39, 0.29) is 11.5 Å². The third-order valence-corrected chi connectivity index (χ3v) is 8.12. The van der Waals surface area contributed by atoms with Crippen molar-refractivity contribution in [2.45, 2.75) is 26.7 Å². The van der Waals surface area contributed by atoms with E-state index in [0.717, 1.165) is 67.8 Å². The number of rotatable bonds is 6. The largest absolute Gasteiger partial charge is 0.508 e. The maximum Gasteiger partial charge on any atom is 0.121 e. The van der Waals surface area contributed by atoms with Gasteiger partial charge in [0.2, 0.25) is 0 Å². The van der Waals surface area contributed by atoms with Gasteiger partial charge in [0.1, 0.15) is 44.9 Å². The summed E-state index contributed by atoms with van der Waals surface area (Å²) in [5, 5.41) is 21.0. The molecule has 2 N–H and O–H groups in total. The molecule has 6 rings (SSSR count). The lowest BCUT2D eigenvalue weighted by Crippen LogP contribution is -2.01. The van der Waals surface area contributed by atoms with Crippen LogP contribution in [-0.4, -0.2) is 43.5 Å². The molecule has 0 bridgehead atoms. The van der Waals surface area contributed by atoms with Crippen LogP contribution in [-0.2, 0) is 12.8 Å². The van der Waals surface area contributed by atoms with Crippen LogP contribution in [0.5, 0.6) is 23.0 Å². The van der Waals surface area contributed by atoms with E-state index in [4.69, 9.17) is 33.9 Å². The smallest absolute Gasteiger partial charge is 0.121 e. The van der Waals surface area contributed by atoms with Crippen molar-refractivity contribution in [3.8, 4) is 34.4 Å². The topological polar surface area (TPSA) is 94.6 Å². The molecule has 0 fully saturated rings. The van der Waals surface area contributed by atoms with Gasteiger partial charge in [-0.05, 0) is 84.6 Å². The van der Waals surface area contributed by atoms with Crippen molar-refractivity contribution in [1.82, 2.24) is 19.1 Å². The Labute approximate surface area is 265 Å². The number of phenolic OH excluding ortho intramolecular Hbond substituents is 2. The first-order valence-corrected chi connectivity index (χ1v) is 14.8. The second-order valence-electron chi connectivity index (χ2n) is 9.94. The van der Waals surface area contributed by atoms with Crippen LogP contribution in [0, 0.1) is 9.28 Å². The second-order valence-corrected chi connectivity index (χ2v) is 10.7. The molecule has 0 spiro atoms. The Kier molecular flexibility index (Phi) is 9.22. The van der Waals surface area contributed by atoms with Crippen LogP contribution in [0.2, 0.25) is 0 Å². The fourth-order valence-corrected chi connectivity index (χ4v) is 5.79. The number of phenols is 2. The molecule has 0 saturated carbocycles. The number of ether oxygens (including phenoxy) is 2. The minimum Gasteiger partial charge on any atom is -0.508 e. The van der Waals surface area contributed by atoms with Gasteiger partial charge in [-0.1, -0.05) is 38.3 Å². The molecule has 0 amide bonds. The van der Waals surface area contributed by atoms with E-state index in [0.29, 0.717) is 10.2 Å². The molecule has 0 atom stereocenters. The zero-order valence-corrected chi connectivity index (χ0v) is 26.4. The lowest BCUT2D eigenvalue weighted by Gasteiger charge is -2.12. The molecule has 0 saturated heterocycles. The normalized spacial score (nSPS) is 10.8. The second kappa shape index (κ2) is 13.2. The van der Waals surface area contributed by atoms with Crippen LogP contribution in [0.3, 0.4) is 0 Å². The zero-order valence-electron chi connectivity index (χ0n) is 24.8. The van der Waals surface area contributed by atoms with Crippen molar-refractivity contribution < 1.29 is 19.7 Å². The average Bonchev–Trinajstić information content (AvgIpc) is 3.05. The Hall–Kier alpha value is -4.80. The summed E-state index contributed by atoms with van der Waals surface area (Å²) >= 11 is 11.3. The molecule has 0 unspecified atom stereocenters. The summed E-state index contributed by atoms with van der Waals surface area (Å²) in [6, 6.07) is 21.8. The van der Waals surface area contributed by atoms with E-state index in [1.54, 1.807) is 67.8 Å². The molecule has 6 aromatic rings. The third kappa shape index (κ3) is 6.13. The van der Waals surface area contributed by atoms with Gasteiger partial charge in [-0.15, -0.1) is 0 Å². The van der Waals surface area contributed by atoms with Gasteiger partial charge in [0.15, 0.2) is 0 Å². The molecule has 224 valence electrons. The van der Waals surface area contributed by atoms with Gasteiger partial charge < -0.3 is 19.7 Å². The first-order chi connectivity index (χ1) is 21.3. The highest BCUT2D eigenvalue weighted by Gasteiger charge is 2.11. The van der Waals surface area contributed by atoms with Crippen LogP contribution in [0.25, 0.3) is 33.2 Å². The number of aryl methyl sites for hydroxylation is 2. The van der Waals surface area contributed by atoms with Crippen molar-refractivity contribution in [2.24, 2.45) is 0 Å². The molecule has 44 heavy (non-hydrogen) atoms. The van der Waals surface area contributed by atoms with E-state index in [1.807, 2.05) is 47.9 Å². The van der Waals surface area contributed by atoms with Crippen LogP contribution >= 0.6 is 24.4 Å². The van der Waals surface area contributed by atoms with E-state index >= 15 is 0 Å². The van der Waals surface area contributed by atoms with Gasteiger partial charge in [-0.2, -0.15) is 0 Å². The predicted molar refractivity (Wildman–Crippen MR) is 179 cm³/mol. The SMILES string of the molecule is CCc1cc(O)cc2ncn(-c3ccc(O)cc3)c(=S)c12.CCc1cc(OC)cc2ncn(-c3ccc(OC)cc3)c(=S)c12. The van der Waals surface area contributed by atoms with Crippen molar-refractivity contribution in [2.75, 3.05) is 14.2 Å². The molecular weight excluding hydrogens is 593 g/mol. The highest BCUT2D eigenvalue weighted by molar-refractivity contribution is 7.71. The number of aromatic nitrogens is 4. The quantitative estimate of drug-likeness (QED) is 0.180. The average molecular weight is 625 g/mol. The van der Waals surface area contributed by atoms with Crippen LogP contribution in [0.15, 0.2) is 85.5 Å². The third-order valence-electron chi connectivity index (χ3n) is 7.32. The molecule has 0 radical (unpaired) electrons. The Morgan fingerprint density at radius 2 is 1.09 bits per heavy atom. The molecule has 10 heteroatoms. The number of benzene rings is 4. The van der Waals surface area contributed by atoms with Crippen LogP contribution < -0.4 is 9.47 Å². The first-order valence-electron chi connectivity index (χ1n) is 14.0. The van der Waals surface area contributed by atoms with E-state index in [2.05, 4.69) is 16.9 Å². The summed E-state index contributed by atoms with van der Waals surface area (Å²) < 4.78 is 15.7. The Bertz CT molecular complexity index is 2070. The fourth-order valence-electron chi connectivity index (χ4n) is 5.01. The summed E-state index contributed by atoms with van der Waals surface area (Å²) in [6.07, 6.45) is 5.02.